The summed E-state index contributed by atoms with van der Waals surface area (Å²) in [5, 5.41) is 13.3. The van der Waals surface area contributed by atoms with E-state index < -0.39 is 11.9 Å². The minimum Gasteiger partial charge on any atom is -0.396 e. The molecule has 88 valence electrons. The standard InChI is InChI=1S/C12H17FN2O/c13-10-3-1-2-9(12(10)14)11(16)6-8-4-5-15-7-8/h1-3,8,11,15-16H,4-7,14H2. The smallest absolute Gasteiger partial charge is 0.146 e. The molecule has 0 radical (unpaired) electrons. The Hall–Kier alpha value is -1.13. The summed E-state index contributed by atoms with van der Waals surface area (Å²) >= 11 is 0. The largest absolute Gasteiger partial charge is 0.396 e. The van der Waals surface area contributed by atoms with E-state index in [2.05, 4.69) is 5.32 Å². The average molecular weight is 224 g/mol. The first kappa shape index (κ1) is 11.4. The van der Waals surface area contributed by atoms with Crippen molar-refractivity contribution >= 4 is 5.69 Å². The van der Waals surface area contributed by atoms with Crippen LogP contribution in [0.15, 0.2) is 18.2 Å². The summed E-state index contributed by atoms with van der Waals surface area (Å²) < 4.78 is 13.2. The summed E-state index contributed by atoms with van der Waals surface area (Å²) in [7, 11) is 0. The highest BCUT2D eigenvalue weighted by molar-refractivity contribution is 5.49. The van der Waals surface area contributed by atoms with Crippen LogP contribution >= 0.6 is 0 Å². The van der Waals surface area contributed by atoms with Crippen LogP contribution in [-0.2, 0) is 0 Å². The van der Waals surface area contributed by atoms with Crippen molar-refractivity contribution in [2.24, 2.45) is 5.92 Å². The van der Waals surface area contributed by atoms with Crippen LogP contribution in [0, 0.1) is 11.7 Å². The van der Waals surface area contributed by atoms with Gasteiger partial charge in [-0.1, -0.05) is 12.1 Å². The Morgan fingerprint density at radius 3 is 3.06 bits per heavy atom. The minimum atomic E-state index is -0.666. The van der Waals surface area contributed by atoms with Crippen LogP contribution < -0.4 is 11.1 Å². The number of nitrogens with one attached hydrogen (secondary N) is 1. The Labute approximate surface area is 94.5 Å². The van der Waals surface area contributed by atoms with Crippen LogP contribution in [-0.4, -0.2) is 18.2 Å². The zero-order valence-corrected chi connectivity index (χ0v) is 9.12. The highest BCUT2D eigenvalue weighted by Crippen LogP contribution is 2.29. The lowest BCUT2D eigenvalue weighted by Crippen LogP contribution is -2.13. The van der Waals surface area contributed by atoms with Gasteiger partial charge in [-0.25, -0.2) is 4.39 Å². The highest BCUT2D eigenvalue weighted by atomic mass is 19.1. The Morgan fingerprint density at radius 1 is 1.56 bits per heavy atom. The second-order valence-electron chi connectivity index (χ2n) is 4.35. The SMILES string of the molecule is Nc1c(F)cccc1C(O)CC1CCNC1. The number of hydrogen-bond acceptors (Lipinski definition) is 3. The molecule has 0 amide bonds. The van der Waals surface area contributed by atoms with Gasteiger partial charge in [0.2, 0.25) is 0 Å². The van der Waals surface area contributed by atoms with Gasteiger partial charge in [0, 0.05) is 5.56 Å². The van der Waals surface area contributed by atoms with E-state index in [1.54, 1.807) is 12.1 Å². The van der Waals surface area contributed by atoms with Gasteiger partial charge in [-0.05, 0) is 37.9 Å². The van der Waals surface area contributed by atoms with Gasteiger partial charge in [0.05, 0.1) is 11.8 Å². The zero-order chi connectivity index (χ0) is 11.5. The Kier molecular flexibility index (Phi) is 3.41. The normalized spacial score (nSPS) is 22.2. The van der Waals surface area contributed by atoms with Gasteiger partial charge in [-0.2, -0.15) is 0 Å². The van der Waals surface area contributed by atoms with E-state index >= 15 is 0 Å². The van der Waals surface area contributed by atoms with Crippen molar-refractivity contribution in [3.8, 4) is 0 Å². The third kappa shape index (κ3) is 2.33. The fourth-order valence-electron chi connectivity index (χ4n) is 2.20. The number of rotatable bonds is 3. The number of aliphatic hydroxyl groups excluding tert-OH is 1. The van der Waals surface area contributed by atoms with Crippen molar-refractivity contribution in [1.82, 2.24) is 5.32 Å². The monoisotopic (exact) mass is 224 g/mol. The van der Waals surface area contributed by atoms with E-state index in [9.17, 15) is 9.50 Å². The third-order valence-corrected chi connectivity index (χ3v) is 3.16. The van der Waals surface area contributed by atoms with Crippen LogP contribution in [0.4, 0.5) is 10.1 Å². The molecule has 1 aliphatic heterocycles. The first-order chi connectivity index (χ1) is 7.68. The van der Waals surface area contributed by atoms with Gasteiger partial charge >= 0.3 is 0 Å². The maximum Gasteiger partial charge on any atom is 0.146 e. The second kappa shape index (κ2) is 4.80. The maximum absolute atomic E-state index is 13.2. The molecular formula is C12H17FN2O. The van der Waals surface area contributed by atoms with Crippen LogP contribution in [0.1, 0.15) is 24.5 Å². The number of para-hydroxylation sites is 1. The molecule has 0 spiro atoms. The molecule has 1 heterocycles. The molecule has 0 bridgehead atoms. The van der Waals surface area contributed by atoms with E-state index in [0.717, 1.165) is 19.5 Å². The van der Waals surface area contributed by atoms with Crippen molar-refractivity contribution in [1.29, 1.82) is 0 Å². The van der Waals surface area contributed by atoms with Gasteiger partial charge in [0.1, 0.15) is 5.82 Å². The van der Waals surface area contributed by atoms with Crippen molar-refractivity contribution in [3.63, 3.8) is 0 Å². The first-order valence-corrected chi connectivity index (χ1v) is 5.61. The number of hydrogen-bond donors (Lipinski definition) is 3. The fourth-order valence-corrected chi connectivity index (χ4v) is 2.20. The quantitative estimate of drug-likeness (QED) is 0.681. The van der Waals surface area contributed by atoms with E-state index in [-0.39, 0.29) is 5.69 Å². The Bertz CT molecular complexity index is 364. The molecule has 0 saturated carbocycles. The number of nitrogen functional groups attached to an aromatic ring is 1. The first-order valence-electron chi connectivity index (χ1n) is 5.61. The molecule has 1 saturated heterocycles. The summed E-state index contributed by atoms with van der Waals surface area (Å²) in [6, 6.07) is 4.57. The van der Waals surface area contributed by atoms with E-state index in [1.165, 1.54) is 6.07 Å². The lowest BCUT2D eigenvalue weighted by molar-refractivity contribution is 0.148. The molecule has 2 unspecified atom stereocenters. The van der Waals surface area contributed by atoms with E-state index in [4.69, 9.17) is 5.73 Å². The van der Waals surface area contributed by atoms with Crippen LogP contribution in [0.5, 0.6) is 0 Å². The van der Waals surface area contributed by atoms with Crippen molar-refractivity contribution in [2.75, 3.05) is 18.8 Å². The molecule has 2 rings (SSSR count). The number of aliphatic hydroxyl groups is 1. The second-order valence-corrected chi connectivity index (χ2v) is 4.35. The Morgan fingerprint density at radius 2 is 2.38 bits per heavy atom. The maximum atomic E-state index is 13.2. The van der Waals surface area contributed by atoms with Crippen molar-refractivity contribution in [3.05, 3.63) is 29.6 Å². The average Bonchev–Trinajstić information content (AvgIpc) is 2.74. The van der Waals surface area contributed by atoms with Crippen LogP contribution in [0.25, 0.3) is 0 Å². The summed E-state index contributed by atoms with van der Waals surface area (Å²) in [5.41, 5.74) is 6.18. The molecule has 1 aromatic rings. The van der Waals surface area contributed by atoms with Crippen molar-refractivity contribution in [2.45, 2.75) is 18.9 Å². The molecule has 1 fully saturated rings. The molecule has 16 heavy (non-hydrogen) atoms. The van der Waals surface area contributed by atoms with Gasteiger partial charge in [0.15, 0.2) is 0 Å². The number of halogens is 1. The highest BCUT2D eigenvalue weighted by Gasteiger charge is 2.21. The topological polar surface area (TPSA) is 58.3 Å². The summed E-state index contributed by atoms with van der Waals surface area (Å²) in [6.07, 6.45) is 1.04. The van der Waals surface area contributed by atoms with E-state index in [1.807, 2.05) is 0 Å². The number of nitrogens with two attached hydrogens (primary N) is 1. The predicted octanol–water partition coefficient (Wildman–Crippen LogP) is 1.44. The zero-order valence-electron chi connectivity index (χ0n) is 9.12. The molecule has 4 heteroatoms. The molecule has 0 aliphatic carbocycles. The van der Waals surface area contributed by atoms with Gasteiger partial charge in [-0.15, -0.1) is 0 Å². The molecule has 4 N–H and O–H groups in total. The van der Waals surface area contributed by atoms with Crippen LogP contribution in [0.3, 0.4) is 0 Å². The molecule has 2 atom stereocenters. The fraction of sp³-hybridized carbons (Fsp3) is 0.500. The molecule has 1 aliphatic rings. The number of benzene rings is 1. The summed E-state index contributed by atoms with van der Waals surface area (Å²) in [4.78, 5) is 0. The number of anilines is 1. The van der Waals surface area contributed by atoms with Gasteiger partial charge in [0.25, 0.3) is 0 Å². The van der Waals surface area contributed by atoms with Crippen LogP contribution in [0.2, 0.25) is 0 Å². The molecule has 3 nitrogen and oxygen atoms in total. The van der Waals surface area contributed by atoms with E-state index in [0.29, 0.717) is 17.9 Å². The van der Waals surface area contributed by atoms with Crippen molar-refractivity contribution < 1.29 is 9.50 Å². The van der Waals surface area contributed by atoms with Gasteiger partial charge in [-0.3, -0.25) is 0 Å². The predicted molar refractivity (Wildman–Crippen MR) is 61.4 cm³/mol. The summed E-state index contributed by atoms with van der Waals surface area (Å²) in [6.45, 7) is 1.92. The Balaban J connectivity index is 2.07. The lowest BCUT2D eigenvalue weighted by atomic mass is 9.95. The molecule has 0 aromatic heterocycles. The molecular weight excluding hydrogens is 207 g/mol. The minimum absolute atomic E-state index is 0.0703. The molecule has 1 aromatic carbocycles. The third-order valence-electron chi connectivity index (χ3n) is 3.16. The summed E-state index contributed by atoms with van der Waals surface area (Å²) in [5.74, 6) is -0.00114. The lowest BCUT2D eigenvalue weighted by Gasteiger charge is -2.17. The van der Waals surface area contributed by atoms with Gasteiger partial charge < -0.3 is 16.2 Å².